The maximum absolute atomic E-state index is 12.6. The molecule has 2 amide bonds. The zero-order valence-corrected chi connectivity index (χ0v) is 18.2. The van der Waals surface area contributed by atoms with E-state index in [1.54, 1.807) is 48.5 Å². The highest BCUT2D eigenvalue weighted by Crippen LogP contribution is 2.18. The van der Waals surface area contributed by atoms with Crippen molar-refractivity contribution >= 4 is 34.8 Å². The van der Waals surface area contributed by atoms with E-state index in [2.05, 4.69) is 16.0 Å². The summed E-state index contributed by atoms with van der Waals surface area (Å²) < 4.78 is 10.9. The number of thiocarbonyl (C=S) groups is 1. The summed E-state index contributed by atoms with van der Waals surface area (Å²) in [5, 5.41) is 8.51. The second kappa shape index (κ2) is 11.9. The minimum absolute atomic E-state index is 0.0327. The molecule has 160 valence electrons. The zero-order valence-electron chi connectivity index (χ0n) is 17.4. The van der Waals surface area contributed by atoms with E-state index >= 15 is 0 Å². The third kappa shape index (κ3) is 7.46. The van der Waals surface area contributed by atoms with Crippen molar-refractivity contribution < 1.29 is 19.1 Å². The molecule has 0 aliphatic heterocycles. The Hall–Kier alpha value is -2.97. The van der Waals surface area contributed by atoms with Gasteiger partial charge in [-0.05, 0) is 63.3 Å². The summed E-state index contributed by atoms with van der Waals surface area (Å²) >= 11 is 5.25. The topological polar surface area (TPSA) is 88.7 Å². The van der Waals surface area contributed by atoms with Crippen molar-refractivity contribution in [3.63, 3.8) is 0 Å². The van der Waals surface area contributed by atoms with Gasteiger partial charge in [-0.2, -0.15) is 0 Å². The number of carbonyl (C=O) groups is 2. The predicted octanol–water partition coefficient (Wildman–Crippen LogP) is 3.37. The first kappa shape index (κ1) is 23.3. The van der Waals surface area contributed by atoms with Crippen LogP contribution >= 0.6 is 12.2 Å². The number of para-hydroxylation sites is 1. The summed E-state index contributed by atoms with van der Waals surface area (Å²) in [5.74, 6) is -0.125. The zero-order chi connectivity index (χ0) is 21.9. The maximum Gasteiger partial charge on any atom is 0.261 e. The normalized spacial score (nSPS) is 10.4. The van der Waals surface area contributed by atoms with E-state index in [9.17, 15) is 9.59 Å². The molecule has 0 aliphatic carbocycles. The fraction of sp³-hybridized carbons (Fsp3) is 0.318. The quantitative estimate of drug-likeness (QED) is 0.418. The summed E-state index contributed by atoms with van der Waals surface area (Å²) in [5.41, 5.74) is 1.46. The van der Waals surface area contributed by atoms with Gasteiger partial charge in [0.15, 0.2) is 5.11 Å². The molecule has 0 spiro atoms. The van der Waals surface area contributed by atoms with Crippen LogP contribution in [0.2, 0.25) is 0 Å². The summed E-state index contributed by atoms with van der Waals surface area (Å²) in [6, 6.07) is 13.8. The Bertz CT molecular complexity index is 886. The van der Waals surface area contributed by atoms with E-state index < -0.39 is 5.91 Å². The van der Waals surface area contributed by atoms with Crippen molar-refractivity contribution in [2.75, 3.05) is 25.1 Å². The molecule has 0 aliphatic rings. The van der Waals surface area contributed by atoms with Crippen LogP contribution < -0.4 is 20.7 Å². The molecule has 0 heterocycles. The number of nitrogens with one attached hydrogen (secondary N) is 3. The lowest BCUT2D eigenvalue weighted by atomic mass is 10.1. The molecule has 0 unspecified atom stereocenters. The number of carbonyl (C=O) groups excluding carboxylic acids is 2. The van der Waals surface area contributed by atoms with Gasteiger partial charge in [0.25, 0.3) is 11.8 Å². The number of hydrogen-bond acceptors (Lipinski definition) is 5. The first-order valence-corrected chi connectivity index (χ1v) is 10.1. The third-order valence-corrected chi connectivity index (χ3v) is 4.05. The Labute approximate surface area is 182 Å². The van der Waals surface area contributed by atoms with Crippen LogP contribution in [0.25, 0.3) is 0 Å². The molecule has 0 aromatic heterocycles. The van der Waals surface area contributed by atoms with Gasteiger partial charge < -0.3 is 20.1 Å². The molecule has 0 saturated heterocycles. The van der Waals surface area contributed by atoms with Crippen molar-refractivity contribution in [3.8, 4) is 5.75 Å². The lowest BCUT2D eigenvalue weighted by Crippen LogP contribution is -2.34. The van der Waals surface area contributed by atoms with Crippen molar-refractivity contribution in [3.05, 3.63) is 59.7 Å². The molecule has 0 saturated carbocycles. The largest absolute Gasteiger partial charge is 0.490 e. The molecule has 0 radical (unpaired) electrons. The summed E-state index contributed by atoms with van der Waals surface area (Å²) in [6.45, 7) is 7.07. The van der Waals surface area contributed by atoms with Crippen molar-refractivity contribution in [1.29, 1.82) is 0 Å². The molecule has 0 fully saturated rings. The minimum Gasteiger partial charge on any atom is -0.490 e. The van der Waals surface area contributed by atoms with Crippen molar-refractivity contribution in [1.82, 2.24) is 10.6 Å². The Morgan fingerprint density at radius 1 is 1.03 bits per heavy atom. The second-order valence-electron chi connectivity index (χ2n) is 6.66. The summed E-state index contributed by atoms with van der Waals surface area (Å²) in [7, 11) is 0. The fourth-order valence-corrected chi connectivity index (χ4v) is 2.76. The van der Waals surface area contributed by atoms with Crippen molar-refractivity contribution in [2.24, 2.45) is 0 Å². The molecule has 2 aromatic carbocycles. The molecule has 7 nitrogen and oxygen atoms in total. The van der Waals surface area contributed by atoms with Gasteiger partial charge in [0.05, 0.1) is 12.2 Å². The Morgan fingerprint density at radius 3 is 2.53 bits per heavy atom. The van der Waals surface area contributed by atoms with Gasteiger partial charge in [0.1, 0.15) is 12.4 Å². The van der Waals surface area contributed by atoms with Gasteiger partial charge in [-0.15, -0.1) is 0 Å². The van der Waals surface area contributed by atoms with Crippen LogP contribution in [0.4, 0.5) is 5.69 Å². The number of ether oxygens (including phenoxy) is 2. The van der Waals surface area contributed by atoms with Gasteiger partial charge in [0.2, 0.25) is 0 Å². The van der Waals surface area contributed by atoms with Crippen LogP contribution in [-0.4, -0.2) is 42.8 Å². The van der Waals surface area contributed by atoms with Crippen LogP contribution in [0.5, 0.6) is 5.75 Å². The smallest absolute Gasteiger partial charge is 0.261 e. The lowest BCUT2D eigenvalue weighted by molar-refractivity contribution is 0.0939. The average molecular weight is 430 g/mol. The van der Waals surface area contributed by atoms with Gasteiger partial charge in [-0.1, -0.05) is 18.2 Å². The van der Waals surface area contributed by atoms with Gasteiger partial charge in [-0.3, -0.25) is 14.9 Å². The van der Waals surface area contributed by atoms with Crippen LogP contribution in [0.15, 0.2) is 48.5 Å². The highest BCUT2D eigenvalue weighted by Gasteiger charge is 2.14. The van der Waals surface area contributed by atoms with E-state index in [-0.39, 0.29) is 17.1 Å². The molecule has 2 rings (SSSR count). The fourth-order valence-electron chi connectivity index (χ4n) is 2.55. The van der Waals surface area contributed by atoms with E-state index in [4.69, 9.17) is 21.7 Å². The first-order chi connectivity index (χ1) is 14.4. The van der Waals surface area contributed by atoms with E-state index in [1.165, 1.54) is 0 Å². The van der Waals surface area contributed by atoms with Gasteiger partial charge in [-0.25, -0.2) is 0 Å². The third-order valence-electron chi connectivity index (χ3n) is 3.85. The number of amides is 2. The van der Waals surface area contributed by atoms with Crippen molar-refractivity contribution in [2.45, 2.75) is 26.8 Å². The molecular weight excluding hydrogens is 402 g/mol. The van der Waals surface area contributed by atoms with E-state index in [0.717, 1.165) is 0 Å². The second-order valence-corrected chi connectivity index (χ2v) is 7.07. The predicted molar refractivity (Wildman–Crippen MR) is 121 cm³/mol. The molecule has 30 heavy (non-hydrogen) atoms. The number of hydrogen-bond donors (Lipinski definition) is 3. The number of anilines is 1. The SMILES string of the molecule is CCOCCOc1ccccc1C(=O)NC(=S)Nc1cccc(C(=O)NC(C)C)c1. The number of rotatable bonds is 9. The van der Waals surface area contributed by atoms with E-state index in [1.807, 2.05) is 20.8 Å². The molecule has 2 aromatic rings. The van der Waals surface area contributed by atoms with E-state index in [0.29, 0.717) is 42.4 Å². The maximum atomic E-state index is 12.6. The van der Waals surface area contributed by atoms with Crippen LogP contribution in [-0.2, 0) is 4.74 Å². The molecule has 0 atom stereocenters. The molecular formula is C22H27N3O4S. The highest BCUT2D eigenvalue weighted by atomic mass is 32.1. The monoisotopic (exact) mass is 429 g/mol. The molecule has 3 N–H and O–H groups in total. The summed E-state index contributed by atoms with van der Waals surface area (Å²) in [6.07, 6.45) is 0. The number of benzene rings is 2. The minimum atomic E-state index is -0.395. The average Bonchev–Trinajstić information content (AvgIpc) is 2.71. The Morgan fingerprint density at radius 2 is 1.80 bits per heavy atom. The van der Waals surface area contributed by atoms with Crippen LogP contribution in [0.3, 0.4) is 0 Å². The molecule has 0 bridgehead atoms. The standard InChI is InChI=1S/C22H27N3O4S/c1-4-28-12-13-29-19-11-6-5-10-18(19)21(27)25-22(30)24-17-9-7-8-16(14-17)20(26)23-15(2)3/h5-11,14-15H,4,12-13H2,1-3H3,(H,23,26)(H2,24,25,27,30). The first-order valence-electron chi connectivity index (χ1n) is 9.73. The van der Waals surface area contributed by atoms with Gasteiger partial charge in [0, 0.05) is 23.9 Å². The van der Waals surface area contributed by atoms with Crippen LogP contribution in [0, 0.1) is 0 Å². The highest BCUT2D eigenvalue weighted by molar-refractivity contribution is 7.80. The van der Waals surface area contributed by atoms with Crippen LogP contribution in [0.1, 0.15) is 41.5 Å². The Kier molecular flexibility index (Phi) is 9.24. The van der Waals surface area contributed by atoms with Gasteiger partial charge >= 0.3 is 0 Å². The lowest BCUT2D eigenvalue weighted by Gasteiger charge is -2.14. The molecule has 8 heteroatoms. The summed E-state index contributed by atoms with van der Waals surface area (Å²) in [4.78, 5) is 24.8. The Balaban J connectivity index is 1.99.